The second kappa shape index (κ2) is 7.75. The maximum absolute atomic E-state index is 12.9. The molecule has 0 aromatic heterocycles. The van der Waals surface area contributed by atoms with Crippen molar-refractivity contribution < 1.29 is 4.39 Å². The molecule has 1 atom stereocenters. The van der Waals surface area contributed by atoms with Crippen LogP contribution in [0.2, 0.25) is 0 Å². The van der Waals surface area contributed by atoms with Crippen molar-refractivity contribution in [3.63, 3.8) is 0 Å². The van der Waals surface area contributed by atoms with Gasteiger partial charge in [-0.2, -0.15) is 0 Å². The van der Waals surface area contributed by atoms with E-state index in [-0.39, 0.29) is 11.9 Å². The van der Waals surface area contributed by atoms with Crippen molar-refractivity contribution in [1.82, 2.24) is 4.90 Å². The van der Waals surface area contributed by atoms with Crippen LogP contribution in [0.4, 0.5) is 4.39 Å². The van der Waals surface area contributed by atoms with E-state index >= 15 is 0 Å². The molecule has 1 aromatic rings. The van der Waals surface area contributed by atoms with Gasteiger partial charge in [0.1, 0.15) is 5.82 Å². The molecular formula is C17H27FN2. The molecule has 3 heteroatoms. The summed E-state index contributed by atoms with van der Waals surface area (Å²) in [5.74, 6) is -0.196. The number of halogens is 1. The van der Waals surface area contributed by atoms with Gasteiger partial charge in [-0.05, 0) is 43.5 Å². The molecule has 1 aromatic carbocycles. The number of hydrogen-bond acceptors (Lipinski definition) is 2. The van der Waals surface area contributed by atoms with Crippen molar-refractivity contribution in [2.24, 2.45) is 5.73 Å². The van der Waals surface area contributed by atoms with Gasteiger partial charge in [0, 0.05) is 18.6 Å². The van der Waals surface area contributed by atoms with Crippen molar-refractivity contribution in [2.75, 3.05) is 13.1 Å². The third-order valence-corrected chi connectivity index (χ3v) is 4.52. The summed E-state index contributed by atoms with van der Waals surface area (Å²) < 4.78 is 12.9. The van der Waals surface area contributed by atoms with Gasteiger partial charge in [0.05, 0.1) is 0 Å². The first-order chi connectivity index (χ1) is 9.70. The van der Waals surface area contributed by atoms with Crippen molar-refractivity contribution in [3.05, 3.63) is 35.6 Å². The largest absolute Gasteiger partial charge is 0.324 e. The summed E-state index contributed by atoms with van der Waals surface area (Å²) in [6.07, 6.45) is 7.73. The Hall–Kier alpha value is -0.930. The Morgan fingerprint density at radius 3 is 2.45 bits per heavy atom. The highest BCUT2D eigenvalue weighted by Gasteiger charge is 2.20. The highest BCUT2D eigenvalue weighted by atomic mass is 19.1. The SMILES string of the molecule is CCN(CCC(N)c1ccc(F)cc1)C1CCCCC1. The van der Waals surface area contributed by atoms with E-state index < -0.39 is 0 Å². The van der Waals surface area contributed by atoms with Crippen LogP contribution in [0.5, 0.6) is 0 Å². The molecular weight excluding hydrogens is 251 g/mol. The normalized spacial score (nSPS) is 18.4. The zero-order valence-electron chi connectivity index (χ0n) is 12.5. The number of nitrogens with two attached hydrogens (primary N) is 1. The number of nitrogens with zero attached hydrogens (tertiary/aromatic N) is 1. The van der Waals surface area contributed by atoms with Gasteiger partial charge in [-0.3, -0.25) is 0 Å². The Bertz CT molecular complexity index is 384. The van der Waals surface area contributed by atoms with E-state index in [4.69, 9.17) is 5.73 Å². The lowest BCUT2D eigenvalue weighted by molar-refractivity contribution is 0.159. The molecule has 112 valence electrons. The Kier molecular flexibility index (Phi) is 5.99. The lowest BCUT2D eigenvalue weighted by Crippen LogP contribution is -2.38. The van der Waals surface area contributed by atoms with Gasteiger partial charge in [0.15, 0.2) is 0 Å². The number of rotatable bonds is 6. The van der Waals surface area contributed by atoms with Crippen molar-refractivity contribution in [2.45, 2.75) is 57.5 Å². The zero-order chi connectivity index (χ0) is 14.4. The highest BCUT2D eigenvalue weighted by Crippen LogP contribution is 2.23. The van der Waals surface area contributed by atoms with Crippen LogP contribution in [0.15, 0.2) is 24.3 Å². The number of hydrogen-bond donors (Lipinski definition) is 1. The molecule has 0 bridgehead atoms. The molecule has 1 saturated carbocycles. The molecule has 2 N–H and O–H groups in total. The molecule has 1 aliphatic rings. The highest BCUT2D eigenvalue weighted by molar-refractivity contribution is 5.19. The molecule has 0 radical (unpaired) electrons. The second-order valence-corrected chi connectivity index (χ2v) is 5.87. The van der Waals surface area contributed by atoms with Gasteiger partial charge in [-0.15, -0.1) is 0 Å². The van der Waals surface area contributed by atoms with E-state index in [1.165, 1.54) is 44.2 Å². The van der Waals surface area contributed by atoms with E-state index in [0.717, 1.165) is 31.1 Å². The summed E-state index contributed by atoms with van der Waals surface area (Å²) >= 11 is 0. The maximum Gasteiger partial charge on any atom is 0.123 e. The van der Waals surface area contributed by atoms with Crippen LogP contribution in [0.1, 0.15) is 57.1 Å². The third kappa shape index (κ3) is 4.29. The van der Waals surface area contributed by atoms with Crippen molar-refractivity contribution >= 4 is 0 Å². The molecule has 1 unspecified atom stereocenters. The predicted molar refractivity (Wildman–Crippen MR) is 82.1 cm³/mol. The number of benzene rings is 1. The Balaban J connectivity index is 1.84. The van der Waals surface area contributed by atoms with Gasteiger partial charge in [-0.1, -0.05) is 38.3 Å². The van der Waals surface area contributed by atoms with Gasteiger partial charge in [-0.25, -0.2) is 4.39 Å². The lowest BCUT2D eigenvalue weighted by atomic mass is 9.93. The van der Waals surface area contributed by atoms with Crippen LogP contribution in [-0.2, 0) is 0 Å². The summed E-state index contributed by atoms with van der Waals surface area (Å²) in [6, 6.07) is 7.35. The fourth-order valence-electron chi connectivity index (χ4n) is 3.23. The minimum atomic E-state index is -0.196. The van der Waals surface area contributed by atoms with Crippen LogP contribution in [0.25, 0.3) is 0 Å². The first-order valence-electron chi connectivity index (χ1n) is 7.95. The fraction of sp³-hybridized carbons (Fsp3) is 0.647. The zero-order valence-corrected chi connectivity index (χ0v) is 12.5. The van der Waals surface area contributed by atoms with Crippen LogP contribution in [-0.4, -0.2) is 24.0 Å². The summed E-state index contributed by atoms with van der Waals surface area (Å²) in [6.45, 7) is 4.37. The predicted octanol–water partition coefficient (Wildman–Crippen LogP) is 3.87. The smallest absolute Gasteiger partial charge is 0.123 e. The van der Waals surface area contributed by atoms with Gasteiger partial charge in [0.2, 0.25) is 0 Å². The maximum atomic E-state index is 12.9. The summed E-state index contributed by atoms with van der Waals surface area (Å²) in [5.41, 5.74) is 7.26. The molecule has 0 heterocycles. The Morgan fingerprint density at radius 1 is 1.20 bits per heavy atom. The van der Waals surface area contributed by atoms with Crippen molar-refractivity contribution in [1.29, 1.82) is 0 Å². The molecule has 1 aliphatic carbocycles. The van der Waals surface area contributed by atoms with E-state index in [0.29, 0.717) is 0 Å². The summed E-state index contributed by atoms with van der Waals surface area (Å²) in [7, 11) is 0. The minimum Gasteiger partial charge on any atom is -0.324 e. The Morgan fingerprint density at radius 2 is 1.85 bits per heavy atom. The minimum absolute atomic E-state index is 0.00763. The molecule has 20 heavy (non-hydrogen) atoms. The molecule has 2 rings (SSSR count). The van der Waals surface area contributed by atoms with Gasteiger partial charge in [0.25, 0.3) is 0 Å². The van der Waals surface area contributed by atoms with Crippen molar-refractivity contribution in [3.8, 4) is 0 Å². The topological polar surface area (TPSA) is 29.3 Å². The molecule has 0 amide bonds. The van der Waals surface area contributed by atoms with Crippen LogP contribution in [0, 0.1) is 5.82 Å². The van der Waals surface area contributed by atoms with E-state index in [1.54, 1.807) is 12.1 Å². The fourth-order valence-corrected chi connectivity index (χ4v) is 3.23. The average molecular weight is 278 g/mol. The molecule has 2 nitrogen and oxygen atoms in total. The van der Waals surface area contributed by atoms with Crippen LogP contribution < -0.4 is 5.73 Å². The van der Waals surface area contributed by atoms with E-state index in [2.05, 4.69) is 11.8 Å². The van der Waals surface area contributed by atoms with Crippen LogP contribution >= 0.6 is 0 Å². The Labute approximate surface area is 122 Å². The molecule has 0 aliphatic heterocycles. The van der Waals surface area contributed by atoms with Gasteiger partial charge < -0.3 is 10.6 Å². The lowest BCUT2D eigenvalue weighted by Gasteiger charge is -2.34. The quantitative estimate of drug-likeness (QED) is 0.856. The average Bonchev–Trinajstić information content (AvgIpc) is 2.49. The first-order valence-corrected chi connectivity index (χ1v) is 7.95. The molecule has 0 saturated heterocycles. The van der Waals surface area contributed by atoms with E-state index in [1.807, 2.05) is 0 Å². The van der Waals surface area contributed by atoms with Gasteiger partial charge >= 0.3 is 0 Å². The second-order valence-electron chi connectivity index (χ2n) is 5.87. The molecule has 1 fully saturated rings. The van der Waals surface area contributed by atoms with E-state index in [9.17, 15) is 4.39 Å². The standard InChI is InChI=1S/C17H27FN2/c1-2-20(16-6-4-3-5-7-16)13-12-17(19)14-8-10-15(18)11-9-14/h8-11,16-17H,2-7,12-13,19H2,1H3. The summed E-state index contributed by atoms with van der Waals surface area (Å²) in [4.78, 5) is 2.57. The summed E-state index contributed by atoms with van der Waals surface area (Å²) in [5, 5.41) is 0. The first kappa shape index (κ1) is 15.5. The van der Waals surface area contributed by atoms with Crippen LogP contribution in [0.3, 0.4) is 0 Å². The monoisotopic (exact) mass is 278 g/mol. The third-order valence-electron chi connectivity index (χ3n) is 4.52. The molecule has 0 spiro atoms.